The molecule has 2 rings (SSSR count). The fourth-order valence-corrected chi connectivity index (χ4v) is 2.70. The van der Waals surface area contributed by atoms with Crippen LogP contribution in [0.1, 0.15) is 31.4 Å². The van der Waals surface area contributed by atoms with E-state index in [9.17, 15) is 4.39 Å². The fraction of sp³-hybridized carbons (Fsp3) is 0.600. The van der Waals surface area contributed by atoms with E-state index in [-0.39, 0.29) is 29.7 Å². The molecule has 19 heavy (non-hydrogen) atoms. The van der Waals surface area contributed by atoms with E-state index in [0.717, 1.165) is 31.6 Å². The highest BCUT2D eigenvalue weighted by atomic mass is 35.5. The van der Waals surface area contributed by atoms with Crippen LogP contribution in [0.4, 0.5) is 4.39 Å². The molecule has 1 fully saturated rings. The monoisotopic (exact) mass is 286 g/mol. The molecular weight excluding hydrogens is 263 g/mol. The van der Waals surface area contributed by atoms with E-state index in [1.165, 1.54) is 5.56 Å². The van der Waals surface area contributed by atoms with Gasteiger partial charge in [-0.3, -0.25) is 4.90 Å². The number of aryl methyl sites for hydroxylation is 1. The number of piperidine rings is 1. The lowest BCUT2D eigenvalue weighted by Crippen LogP contribution is -2.52. The normalized spacial score (nSPS) is 22.9. The van der Waals surface area contributed by atoms with Gasteiger partial charge in [-0.1, -0.05) is 19.9 Å². The van der Waals surface area contributed by atoms with Crippen molar-refractivity contribution >= 4 is 12.4 Å². The van der Waals surface area contributed by atoms with Gasteiger partial charge in [-0.15, -0.1) is 12.4 Å². The molecule has 0 aromatic heterocycles. The van der Waals surface area contributed by atoms with Crippen molar-refractivity contribution in [3.8, 4) is 0 Å². The molecule has 0 amide bonds. The molecule has 1 aliphatic rings. The minimum atomic E-state index is -0.155. The Balaban J connectivity index is 0.00000180. The summed E-state index contributed by atoms with van der Waals surface area (Å²) in [6, 6.07) is 5.33. The number of likely N-dealkylation sites (tertiary alicyclic amines) is 1. The third-order valence-electron chi connectivity index (χ3n) is 4.09. The maximum Gasteiger partial charge on any atom is 0.123 e. The summed E-state index contributed by atoms with van der Waals surface area (Å²) in [6.07, 6.45) is 1.03. The number of halogens is 2. The molecule has 0 saturated carbocycles. The molecule has 2 N–H and O–H groups in total. The standard InChI is InChI=1S/C15H23FN2.ClH/c1-11-8-13(16)5-4-12(11)9-18-7-6-14(17)15(2,3)10-18;/h4-5,8,14H,6-7,9-10,17H2,1-3H3;1H. The van der Waals surface area contributed by atoms with Gasteiger partial charge >= 0.3 is 0 Å². The molecule has 1 unspecified atom stereocenters. The minimum absolute atomic E-state index is 0. The summed E-state index contributed by atoms with van der Waals surface area (Å²) >= 11 is 0. The van der Waals surface area contributed by atoms with Crippen molar-refractivity contribution in [2.75, 3.05) is 13.1 Å². The Kier molecular flexibility index (Phi) is 5.36. The van der Waals surface area contributed by atoms with E-state index < -0.39 is 0 Å². The quantitative estimate of drug-likeness (QED) is 0.905. The third kappa shape index (κ3) is 3.91. The average Bonchev–Trinajstić information content (AvgIpc) is 2.27. The number of rotatable bonds is 2. The molecule has 1 aliphatic heterocycles. The van der Waals surface area contributed by atoms with Crippen molar-refractivity contribution in [1.82, 2.24) is 4.90 Å². The SMILES string of the molecule is Cc1cc(F)ccc1CN1CCC(N)C(C)(C)C1.Cl. The minimum Gasteiger partial charge on any atom is -0.327 e. The molecule has 0 spiro atoms. The number of nitrogens with two attached hydrogens (primary N) is 1. The molecule has 1 heterocycles. The fourth-order valence-electron chi connectivity index (χ4n) is 2.70. The summed E-state index contributed by atoms with van der Waals surface area (Å²) in [6.45, 7) is 9.34. The molecule has 4 heteroatoms. The van der Waals surface area contributed by atoms with Gasteiger partial charge in [0.05, 0.1) is 0 Å². The van der Waals surface area contributed by atoms with Crippen molar-refractivity contribution in [1.29, 1.82) is 0 Å². The van der Waals surface area contributed by atoms with Crippen LogP contribution in [0.2, 0.25) is 0 Å². The van der Waals surface area contributed by atoms with E-state index in [4.69, 9.17) is 5.73 Å². The van der Waals surface area contributed by atoms with Crippen LogP contribution in [0, 0.1) is 18.2 Å². The molecule has 1 saturated heterocycles. The van der Waals surface area contributed by atoms with Gasteiger partial charge in [0, 0.05) is 25.7 Å². The largest absolute Gasteiger partial charge is 0.327 e. The smallest absolute Gasteiger partial charge is 0.123 e. The first-order valence-electron chi connectivity index (χ1n) is 6.61. The van der Waals surface area contributed by atoms with Crippen LogP contribution in [-0.4, -0.2) is 24.0 Å². The second kappa shape index (κ2) is 6.21. The molecule has 0 radical (unpaired) electrons. The van der Waals surface area contributed by atoms with Gasteiger partial charge in [0.2, 0.25) is 0 Å². The van der Waals surface area contributed by atoms with E-state index in [1.54, 1.807) is 12.1 Å². The lowest BCUT2D eigenvalue weighted by Gasteiger charge is -2.42. The third-order valence-corrected chi connectivity index (χ3v) is 4.09. The van der Waals surface area contributed by atoms with Crippen LogP contribution in [0.3, 0.4) is 0 Å². The van der Waals surface area contributed by atoms with Crippen molar-refractivity contribution in [2.24, 2.45) is 11.1 Å². The summed E-state index contributed by atoms with van der Waals surface area (Å²) in [4.78, 5) is 2.42. The van der Waals surface area contributed by atoms with Gasteiger partial charge in [0.1, 0.15) is 5.82 Å². The van der Waals surface area contributed by atoms with Crippen LogP contribution < -0.4 is 5.73 Å². The second-order valence-corrected chi connectivity index (χ2v) is 6.17. The molecule has 1 atom stereocenters. The Bertz CT molecular complexity index is 434. The van der Waals surface area contributed by atoms with E-state index in [1.807, 2.05) is 13.0 Å². The zero-order valence-corrected chi connectivity index (χ0v) is 12.8. The Morgan fingerprint density at radius 3 is 2.68 bits per heavy atom. The molecule has 1 aromatic rings. The van der Waals surface area contributed by atoms with E-state index >= 15 is 0 Å². The summed E-state index contributed by atoms with van der Waals surface area (Å²) in [7, 11) is 0. The second-order valence-electron chi connectivity index (χ2n) is 6.17. The first-order valence-corrected chi connectivity index (χ1v) is 6.61. The summed E-state index contributed by atoms with van der Waals surface area (Å²) < 4.78 is 13.1. The van der Waals surface area contributed by atoms with Gasteiger partial charge in [-0.25, -0.2) is 4.39 Å². The lowest BCUT2D eigenvalue weighted by atomic mass is 9.79. The van der Waals surface area contributed by atoms with Crippen molar-refractivity contribution in [3.05, 3.63) is 35.1 Å². The number of nitrogens with zero attached hydrogens (tertiary/aromatic N) is 1. The molecule has 0 aliphatic carbocycles. The van der Waals surface area contributed by atoms with Crippen LogP contribution in [0.15, 0.2) is 18.2 Å². The number of hydrogen-bond acceptors (Lipinski definition) is 2. The van der Waals surface area contributed by atoms with E-state index in [0.29, 0.717) is 0 Å². The van der Waals surface area contributed by atoms with Gasteiger partial charge < -0.3 is 5.73 Å². The predicted octanol–water partition coefficient (Wildman–Crippen LogP) is 3.12. The number of hydrogen-bond donors (Lipinski definition) is 1. The molecule has 1 aromatic carbocycles. The molecular formula is C15H24ClFN2. The highest BCUT2D eigenvalue weighted by Crippen LogP contribution is 2.28. The average molecular weight is 287 g/mol. The van der Waals surface area contributed by atoms with Gasteiger partial charge in [0.15, 0.2) is 0 Å². The Morgan fingerprint density at radius 1 is 1.42 bits per heavy atom. The van der Waals surface area contributed by atoms with Gasteiger partial charge in [0.25, 0.3) is 0 Å². The number of benzene rings is 1. The zero-order valence-electron chi connectivity index (χ0n) is 11.9. The van der Waals surface area contributed by atoms with Crippen molar-refractivity contribution < 1.29 is 4.39 Å². The molecule has 0 bridgehead atoms. The van der Waals surface area contributed by atoms with Crippen LogP contribution in [-0.2, 0) is 6.54 Å². The Morgan fingerprint density at radius 2 is 2.11 bits per heavy atom. The van der Waals surface area contributed by atoms with Crippen LogP contribution in [0.5, 0.6) is 0 Å². The van der Waals surface area contributed by atoms with Crippen molar-refractivity contribution in [2.45, 2.75) is 39.8 Å². The van der Waals surface area contributed by atoms with Gasteiger partial charge in [-0.05, 0) is 42.0 Å². The summed E-state index contributed by atoms with van der Waals surface area (Å²) in [5.41, 5.74) is 8.54. The zero-order chi connectivity index (χ0) is 13.3. The Hall–Kier alpha value is -0.640. The first kappa shape index (κ1) is 16.4. The van der Waals surface area contributed by atoms with E-state index in [2.05, 4.69) is 18.7 Å². The highest BCUT2D eigenvalue weighted by molar-refractivity contribution is 5.85. The van der Waals surface area contributed by atoms with Gasteiger partial charge in [-0.2, -0.15) is 0 Å². The predicted molar refractivity (Wildman–Crippen MR) is 80.0 cm³/mol. The summed E-state index contributed by atoms with van der Waals surface area (Å²) in [5, 5.41) is 0. The summed E-state index contributed by atoms with van der Waals surface area (Å²) in [5.74, 6) is -0.155. The Labute approximate surface area is 121 Å². The topological polar surface area (TPSA) is 29.3 Å². The lowest BCUT2D eigenvalue weighted by molar-refractivity contribution is 0.0897. The maximum absolute atomic E-state index is 13.1. The maximum atomic E-state index is 13.1. The highest BCUT2D eigenvalue weighted by Gasteiger charge is 2.33. The van der Waals surface area contributed by atoms with Crippen LogP contribution >= 0.6 is 12.4 Å². The molecule has 108 valence electrons. The molecule has 2 nitrogen and oxygen atoms in total. The van der Waals surface area contributed by atoms with Crippen LogP contribution in [0.25, 0.3) is 0 Å². The first-order chi connectivity index (χ1) is 8.38. The van der Waals surface area contributed by atoms with Crippen molar-refractivity contribution in [3.63, 3.8) is 0 Å².